The SMILES string of the molecule is Cc1ccc(NC(=O)c2cnc(Nc3ccccc3)nc2)cc1Cl. The largest absolute Gasteiger partial charge is 0.324 e. The van der Waals surface area contributed by atoms with Gasteiger partial charge in [-0.25, -0.2) is 9.97 Å². The Labute approximate surface area is 144 Å². The van der Waals surface area contributed by atoms with E-state index in [0.717, 1.165) is 11.3 Å². The van der Waals surface area contributed by atoms with Crippen LogP contribution in [-0.4, -0.2) is 15.9 Å². The second-order valence-electron chi connectivity index (χ2n) is 5.20. The molecule has 3 rings (SSSR count). The van der Waals surface area contributed by atoms with E-state index in [9.17, 15) is 4.79 Å². The Balaban J connectivity index is 1.68. The van der Waals surface area contributed by atoms with E-state index in [4.69, 9.17) is 11.6 Å². The lowest BCUT2D eigenvalue weighted by Crippen LogP contribution is -2.13. The number of rotatable bonds is 4. The normalized spacial score (nSPS) is 10.2. The maximum Gasteiger partial charge on any atom is 0.258 e. The van der Waals surface area contributed by atoms with Gasteiger partial charge in [0, 0.05) is 28.8 Å². The number of amides is 1. The molecule has 120 valence electrons. The smallest absolute Gasteiger partial charge is 0.258 e. The zero-order valence-corrected chi connectivity index (χ0v) is 13.7. The van der Waals surface area contributed by atoms with Crippen LogP contribution in [0.3, 0.4) is 0 Å². The number of nitrogens with zero attached hydrogens (tertiary/aromatic N) is 2. The molecule has 3 aromatic rings. The maximum atomic E-state index is 12.2. The van der Waals surface area contributed by atoms with Gasteiger partial charge in [0.05, 0.1) is 5.56 Å². The van der Waals surface area contributed by atoms with Gasteiger partial charge in [-0.05, 0) is 36.8 Å². The van der Waals surface area contributed by atoms with Crippen molar-refractivity contribution >= 4 is 34.8 Å². The molecule has 2 N–H and O–H groups in total. The maximum absolute atomic E-state index is 12.2. The monoisotopic (exact) mass is 338 g/mol. The highest BCUT2D eigenvalue weighted by Crippen LogP contribution is 2.20. The van der Waals surface area contributed by atoms with Crippen molar-refractivity contribution in [2.24, 2.45) is 0 Å². The zero-order chi connectivity index (χ0) is 16.9. The third-order valence-corrected chi connectivity index (χ3v) is 3.78. The molecule has 0 unspecified atom stereocenters. The fourth-order valence-corrected chi connectivity index (χ4v) is 2.21. The van der Waals surface area contributed by atoms with E-state index in [2.05, 4.69) is 20.6 Å². The summed E-state index contributed by atoms with van der Waals surface area (Å²) in [6, 6.07) is 14.9. The Morgan fingerprint density at radius 3 is 2.38 bits per heavy atom. The molecule has 0 saturated carbocycles. The highest BCUT2D eigenvalue weighted by atomic mass is 35.5. The Morgan fingerprint density at radius 1 is 1.00 bits per heavy atom. The van der Waals surface area contributed by atoms with Crippen LogP contribution in [0.4, 0.5) is 17.3 Å². The van der Waals surface area contributed by atoms with E-state index < -0.39 is 0 Å². The Morgan fingerprint density at radius 2 is 1.71 bits per heavy atom. The van der Waals surface area contributed by atoms with Crippen molar-refractivity contribution in [1.29, 1.82) is 0 Å². The number of aryl methyl sites for hydroxylation is 1. The zero-order valence-electron chi connectivity index (χ0n) is 13.0. The lowest BCUT2D eigenvalue weighted by Gasteiger charge is -2.08. The van der Waals surface area contributed by atoms with Crippen LogP contribution in [0, 0.1) is 6.92 Å². The molecule has 6 heteroatoms. The Kier molecular flexibility index (Phi) is 4.72. The van der Waals surface area contributed by atoms with Crippen LogP contribution in [0.5, 0.6) is 0 Å². The third kappa shape index (κ3) is 3.88. The minimum absolute atomic E-state index is 0.291. The summed E-state index contributed by atoms with van der Waals surface area (Å²) in [6.45, 7) is 1.90. The molecule has 1 heterocycles. The van der Waals surface area contributed by atoms with Crippen LogP contribution in [-0.2, 0) is 0 Å². The van der Waals surface area contributed by atoms with Crippen molar-refractivity contribution < 1.29 is 4.79 Å². The molecular weight excluding hydrogens is 324 g/mol. The van der Waals surface area contributed by atoms with E-state index in [1.54, 1.807) is 12.1 Å². The highest BCUT2D eigenvalue weighted by molar-refractivity contribution is 6.31. The molecule has 0 atom stereocenters. The first-order valence-corrected chi connectivity index (χ1v) is 7.71. The summed E-state index contributed by atoms with van der Waals surface area (Å²) < 4.78 is 0. The molecule has 2 aromatic carbocycles. The fourth-order valence-electron chi connectivity index (χ4n) is 2.03. The molecule has 0 aliphatic heterocycles. The molecule has 0 fully saturated rings. The molecule has 0 spiro atoms. The van der Waals surface area contributed by atoms with Gasteiger partial charge in [0.25, 0.3) is 5.91 Å². The first kappa shape index (κ1) is 16.0. The minimum Gasteiger partial charge on any atom is -0.324 e. The predicted molar refractivity (Wildman–Crippen MR) is 95.9 cm³/mol. The van der Waals surface area contributed by atoms with Gasteiger partial charge in [0.2, 0.25) is 5.95 Å². The average molecular weight is 339 g/mol. The minimum atomic E-state index is -0.291. The Bertz CT molecular complexity index is 851. The summed E-state index contributed by atoms with van der Waals surface area (Å²) in [5.41, 5.74) is 2.82. The van der Waals surface area contributed by atoms with Crippen LogP contribution in [0.1, 0.15) is 15.9 Å². The van der Waals surface area contributed by atoms with Gasteiger partial charge in [-0.1, -0.05) is 35.9 Å². The van der Waals surface area contributed by atoms with E-state index in [-0.39, 0.29) is 5.91 Å². The topological polar surface area (TPSA) is 66.9 Å². The van der Waals surface area contributed by atoms with Crippen molar-refractivity contribution in [3.8, 4) is 0 Å². The molecule has 0 aliphatic rings. The summed E-state index contributed by atoms with van der Waals surface area (Å²) in [5, 5.41) is 6.44. The molecule has 0 radical (unpaired) electrons. The van der Waals surface area contributed by atoms with Crippen molar-refractivity contribution in [2.45, 2.75) is 6.92 Å². The van der Waals surface area contributed by atoms with Crippen molar-refractivity contribution in [1.82, 2.24) is 9.97 Å². The number of hydrogen-bond donors (Lipinski definition) is 2. The number of halogens is 1. The highest BCUT2D eigenvalue weighted by Gasteiger charge is 2.08. The van der Waals surface area contributed by atoms with E-state index >= 15 is 0 Å². The van der Waals surface area contributed by atoms with Gasteiger partial charge in [0.15, 0.2) is 0 Å². The third-order valence-electron chi connectivity index (χ3n) is 3.37. The Hall–Kier alpha value is -2.92. The summed E-state index contributed by atoms with van der Waals surface area (Å²) in [7, 11) is 0. The molecular formula is C18H15ClN4O. The number of hydrogen-bond acceptors (Lipinski definition) is 4. The second-order valence-corrected chi connectivity index (χ2v) is 5.61. The molecule has 0 bridgehead atoms. The van der Waals surface area contributed by atoms with Crippen molar-refractivity contribution in [2.75, 3.05) is 10.6 Å². The van der Waals surface area contributed by atoms with Crippen LogP contribution in [0.15, 0.2) is 60.9 Å². The summed E-state index contributed by atoms with van der Waals surface area (Å²) in [6.07, 6.45) is 2.95. The fraction of sp³-hybridized carbons (Fsp3) is 0.0556. The number of carbonyl (C=O) groups is 1. The van der Waals surface area contributed by atoms with Gasteiger partial charge in [-0.2, -0.15) is 0 Å². The summed E-state index contributed by atoms with van der Waals surface area (Å²) >= 11 is 6.06. The van der Waals surface area contributed by atoms with E-state index in [1.807, 2.05) is 43.3 Å². The summed E-state index contributed by atoms with van der Waals surface area (Å²) in [4.78, 5) is 20.5. The van der Waals surface area contributed by atoms with Crippen LogP contribution < -0.4 is 10.6 Å². The van der Waals surface area contributed by atoms with Crippen LogP contribution in [0.2, 0.25) is 5.02 Å². The van der Waals surface area contributed by atoms with Gasteiger partial charge in [-0.15, -0.1) is 0 Å². The molecule has 0 saturated heterocycles. The molecule has 5 nitrogen and oxygen atoms in total. The summed E-state index contributed by atoms with van der Waals surface area (Å²) in [5.74, 6) is 0.136. The first-order valence-electron chi connectivity index (χ1n) is 7.33. The standard InChI is InChI=1S/C18H15ClN4O/c1-12-7-8-15(9-16(12)19)22-17(24)13-10-20-18(21-11-13)23-14-5-3-2-4-6-14/h2-11H,1H3,(H,22,24)(H,20,21,23). The number of aromatic nitrogens is 2. The van der Waals surface area contributed by atoms with Crippen LogP contribution in [0.25, 0.3) is 0 Å². The van der Waals surface area contributed by atoms with E-state index in [0.29, 0.717) is 22.2 Å². The lowest BCUT2D eigenvalue weighted by atomic mass is 10.2. The van der Waals surface area contributed by atoms with Gasteiger partial charge >= 0.3 is 0 Å². The predicted octanol–water partition coefficient (Wildman–Crippen LogP) is 4.43. The van der Waals surface area contributed by atoms with Crippen molar-refractivity contribution in [3.63, 3.8) is 0 Å². The lowest BCUT2D eigenvalue weighted by molar-refractivity contribution is 0.102. The second kappa shape index (κ2) is 7.10. The molecule has 1 amide bonds. The molecule has 0 aliphatic carbocycles. The number of benzene rings is 2. The molecule has 1 aromatic heterocycles. The number of nitrogens with one attached hydrogen (secondary N) is 2. The molecule has 24 heavy (non-hydrogen) atoms. The van der Waals surface area contributed by atoms with Crippen molar-refractivity contribution in [3.05, 3.63) is 77.1 Å². The van der Waals surface area contributed by atoms with Gasteiger partial charge < -0.3 is 10.6 Å². The quantitative estimate of drug-likeness (QED) is 0.738. The van der Waals surface area contributed by atoms with E-state index in [1.165, 1.54) is 12.4 Å². The van der Waals surface area contributed by atoms with Gasteiger partial charge in [0.1, 0.15) is 0 Å². The number of anilines is 3. The van der Waals surface area contributed by atoms with Crippen LogP contribution >= 0.6 is 11.6 Å². The number of para-hydroxylation sites is 1. The van der Waals surface area contributed by atoms with Gasteiger partial charge in [-0.3, -0.25) is 4.79 Å². The number of carbonyl (C=O) groups excluding carboxylic acids is 1. The average Bonchev–Trinajstić information content (AvgIpc) is 2.60. The first-order chi connectivity index (χ1) is 11.6.